The van der Waals surface area contributed by atoms with E-state index >= 15 is 0 Å². The van der Waals surface area contributed by atoms with Crippen LogP contribution in [0.3, 0.4) is 0 Å². The molecule has 2 aromatic rings. The Morgan fingerprint density at radius 1 is 1.19 bits per heavy atom. The van der Waals surface area contributed by atoms with Crippen molar-refractivity contribution in [1.82, 2.24) is 0 Å². The van der Waals surface area contributed by atoms with Gasteiger partial charge in [-0.1, -0.05) is 12.1 Å². The molecule has 0 radical (unpaired) electrons. The van der Waals surface area contributed by atoms with Crippen LogP contribution in [0.5, 0.6) is 23.0 Å². The van der Waals surface area contributed by atoms with Gasteiger partial charge in [0.2, 0.25) is 0 Å². The highest BCUT2D eigenvalue weighted by atomic mass is 16.5. The topological polar surface area (TPSA) is 107 Å². The molecular formula is C20H22O6. The van der Waals surface area contributed by atoms with Crippen molar-refractivity contribution >= 4 is 5.78 Å². The lowest BCUT2D eigenvalue weighted by Gasteiger charge is -2.32. The second kappa shape index (κ2) is 6.88. The van der Waals surface area contributed by atoms with Crippen LogP contribution < -0.4 is 4.74 Å². The van der Waals surface area contributed by atoms with Gasteiger partial charge in [-0.3, -0.25) is 4.79 Å². The molecule has 0 fully saturated rings. The Hall–Kier alpha value is -2.73. The molecule has 6 heteroatoms. The maximum Gasteiger partial charge on any atom is 0.172 e. The number of phenolic OH excluding ortho intramolecular Hbond substituents is 3. The Bertz CT molecular complexity index is 842. The Morgan fingerprint density at radius 2 is 1.92 bits per heavy atom. The van der Waals surface area contributed by atoms with Gasteiger partial charge < -0.3 is 25.2 Å². The molecule has 6 nitrogen and oxygen atoms in total. The molecule has 0 saturated heterocycles. The number of hydrogen-bond acceptors (Lipinski definition) is 6. The molecule has 1 heterocycles. The highest BCUT2D eigenvalue weighted by Crippen LogP contribution is 2.48. The van der Waals surface area contributed by atoms with E-state index in [9.17, 15) is 25.2 Å². The fourth-order valence-corrected chi connectivity index (χ4v) is 3.51. The molecule has 2 aromatic carbocycles. The summed E-state index contributed by atoms with van der Waals surface area (Å²) in [6, 6.07) is 7.86. The van der Waals surface area contributed by atoms with Crippen LogP contribution in [-0.2, 0) is 0 Å². The second-order valence-electron chi connectivity index (χ2n) is 6.78. The normalized spacial score (nSPS) is 20.1. The lowest BCUT2D eigenvalue weighted by molar-refractivity contribution is 0.0896. The Morgan fingerprint density at radius 3 is 2.62 bits per heavy atom. The Labute approximate surface area is 151 Å². The van der Waals surface area contributed by atoms with Crippen LogP contribution in [-0.4, -0.2) is 38.4 Å². The number of rotatable bonds is 4. The first-order valence-electron chi connectivity index (χ1n) is 8.54. The monoisotopic (exact) mass is 358 g/mol. The van der Waals surface area contributed by atoms with Crippen LogP contribution in [0.25, 0.3) is 0 Å². The van der Waals surface area contributed by atoms with Gasteiger partial charge in [0.25, 0.3) is 0 Å². The molecule has 4 N–H and O–H groups in total. The first-order valence-corrected chi connectivity index (χ1v) is 8.54. The minimum Gasteiger partial charge on any atom is -0.508 e. The summed E-state index contributed by atoms with van der Waals surface area (Å²) >= 11 is 0. The van der Waals surface area contributed by atoms with Crippen molar-refractivity contribution in [3.8, 4) is 23.0 Å². The standard InChI is InChI=1S/C20H22O6/c1-10(21)8-16(24)19-15(23)7-6-12(20(19)25)13-9-11(2)26-17-5-3-4-14(22)18(13)17/h3-7,10-11,13,21-23,25H,8-9H2,1-2H3. The van der Waals surface area contributed by atoms with E-state index in [0.717, 1.165) is 0 Å². The number of Topliss-reactive ketones (excluding diaryl/α,β-unsaturated/α-hetero) is 1. The minimum absolute atomic E-state index is 0.0451. The molecule has 3 rings (SSSR count). The van der Waals surface area contributed by atoms with Gasteiger partial charge in [0, 0.05) is 23.5 Å². The van der Waals surface area contributed by atoms with E-state index in [-0.39, 0.29) is 35.3 Å². The van der Waals surface area contributed by atoms with Crippen LogP contribution in [0.4, 0.5) is 0 Å². The molecule has 0 spiro atoms. The third-order valence-electron chi connectivity index (χ3n) is 4.61. The van der Waals surface area contributed by atoms with Crippen molar-refractivity contribution < 1.29 is 30.0 Å². The summed E-state index contributed by atoms with van der Waals surface area (Å²) < 4.78 is 5.77. The molecule has 3 atom stereocenters. The molecule has 0 aromatic heterocycles. The number of aliphatic hydroxyl groups is 1. The number of carbonyl (C=O) groups is 1. The average molecular weight is 358 g/mol. The molecule has 138 valence electrons. The van der Waals surface area contributed by atoms with Gasteiger partial charge in [0.05, 0.1) is 12.2 Å². The van der Waals surface area contributed by atoms with Gasteiger partial charge in [0.1, 0.15) is 28.6 Å². The van der Waals surface area contributed by atoms with Crippen molar-refractivity contribution in [1.29, 1.82) is 0 Å². The lowest BCUT2D eigenvalue weighted by Crippen LogP contribution is -2.23. The minimum atomic E-state index is -0.891. The molecule has 1 aliphatic heterocycles. The van der Waals surface area contributed by atoms with E-state index in [1.54, 1.807) is 24.3 Å². The first-order chi connectivity index (χ1) is 12.3. The van der Waals surface area contributed by atoms with Crippen LogP contribution in [0.1, 0.15) is 54.1 Å². The highest BCUT2D eigenvalue weighted by molar-refractivity contribution is 6.01. The number of aliphatic hydroxyl groups excluding tert-OH is 1. The number of ether oxygens (including phenoxy) is 1. The number of phenols is 3. The summed E-state index contributed by atoms with van der Waals surface area (Å²) in [5.74, 6) is -1.04. The van der Waals surface area contributed by atoms with Crippen molar-refractivity contribution in [2.24, 2.45) is 0 Å². The van der Waals surface area contributed by atoms with Crippen LogP contribution in [0.2, 0.25) is 0 Å². The third-order valence-corrected chi connectivity index (χ3v) is 4.61. The zero-order valence-corrected chi connectivity index (χ0v) is 14.6. The van der Waals surface area contributed by atoms with Crippen LogP contribution in [0.15, 0.2) is 30.3 Å². The molecule has 3 unspecified atom stereocenters. The fourth-order valence-electron chi connectivity index (χ4n) is 3.51. The SMILES string of the molecule is CC(O)CC(=O)c1c(O)ccc(C2CC(C)Oc3cccc(O)c32)c1O. The van der Waals surface area contributed by atoms with Crippen LogP contribution in [0, 0.1) is 0 Å². The molecule has 26 heavy (non-hydrogen) atoms. The second-order valence-corrected chi connectivity index (χ2v) is 6.78. The Kier molecular flexibility index (Phi) is 4.78. The largest absolute Gasteiger partial charge is 0.508 e. The third kappa shape index (κ3) is 3.20. The molecule has 1 aliphatic rings. The van der Waals surface area contributed by atoms with Crippen molar-refractivity contribution in [3.63, 3.8) is 0 Å². The van der Waals surface area contributed by atoms with E-state index in [0.29, 0.717) is 23.3 Å². The summed E-state index contributed by atoms with van der Waals surface area (Å²) in [4.78, 5) is 12.4. The van der Waals surface area contributed by atoms with Crippen molar-refractivity contribution in [2.45, 2.75) is 44.8 Å². The summed E-state index contributed by atoms with van der Waals surface area (Å²) in [6.45, 7) is 3.35. The highest BCUT2D eigenvalue weighted by Gasteiger charge is 2.33. The van der Waals surface area contributed by atoms with Gasteiger partial charge in [-0.2, -0.15) is 0 Å². The zero-order valence-electron chi connectivity index (χ0n) is 14.6. The van der Waals surface area contributed by atoms with Gasteiger partial charge in [-0.15, -0.1) is 0 Å². The van der Waals surface area contributed by atoms with Gasteiger partial charge in [-0.25, -0.2) is 0 Å². The summed E-state index contributed by atoms with van der Waals surface area (Å²) in [5.41, 5.74) is 0.759. The van der Waals surface area contributed by atoms with E-state index in [2.05, 4.69) is 0 Å². The van der Waals surface area contributed by atoms with E-state index in [4.69, 9.17) is 4.74 Å². The predicted octanol–water partition coefficient (Wildman–Crippen LogP) is 3.06. The summed E-state index contributed by atoms with van der Waals surface area (Å²) in [6.07, 6.45) is -0.763. The van der Waals surface area contributed by atoms with Crippen LogP contribution >= 0.6 is 0 Å². The Balaban J connectivity index is 2.13. The zero-order chi connectivity index (χ0) is 19.0. The predicted molar refractivity (Wildman–Crippen MR) is 95.1 cm³/mol. The average Bonchev–Trinajstić information content (AvgIpc) is 2.53. The summed E-state index contributed by atoms with van der Waals surface area (Å²) in [5, 5.41) is 40.5. The number of benzene rings is 2. The number of ketones is 1. The number of hydrogen-bond donors (Lipinski definition) is 4. The maximum absolute atomic E-state index is 12.4. The van der Waals surface area contributed by atoms with Crippen molar-refractivity contribution in [3.05, 3.63) is 47.0 Å². The van der Waals surface area contributed by atoms with E-state index < -0.39 is 17.8 Å². The summed E-state index contributed by atoms with van der Waals surface area (Å²) in [7, 11) is 0. The number of aromatic hydroxyl groups is 3. The van der Waals surface area contributed by atoms with Crippen molar-refractivity contribution in [2.75, 3.05) is 0 Å². The molecule has 0 amide bonds. The smallest absolute Gasteiger partial charge is 0.172 e. The van der Waals surface area contributed by atoms with E-state index in [1.165, 1.54) is 13.0 Å². The number of fused-ring (bicyclic) bond motifs is 1. The van der Waals surface area contributed by atoms with Gasteiger partial charge >= 0.3 is 0 Å². The fraction of sp³-hybridized carbons (Fsp3) is 0.350. The maximum atomic E-state index is 12.4. The molecule has 0 saturated carbocycles. The van der Waals surface area contributed by atoms with Gasteiger partial charge in [-0.05, 0) is 38.5 Å². The number of carbonyl (C=O) groups excluding carboxylic acids is 1. The van der Waals surface area contributed by atoms with Gasteiger partial charge in [0.15, 0.2) is 5.78 Å². The molecular weight excluding hydrogens is 336 g/mol. The lowest BCUT2D eigenvalue weighted by atomic mass is 9.82. The van der Waals surface area contributed by atoms with E-state index in [1.807, 2.05) is 6.92 Å². The molecule has 0 bridgehead atoms. The molecule has 0 aliphatic carbocycles. The first kappa shape index (κ1) is 18.1. The quantitative estimate of drug-likeness (QED) is 0.626.